The number of imidazole rings is 1. The van der Waals surface area contributed by atoms with Crippen molar-refractivity contribution in [1.82, 2.24) is 24.2 Å². The summed E-state index contributed by atoms with van der Waals surface area (Å²) < 4.78 is 3.86. The second-order valence-corrected chi connectivity index (χ2v) is 8.17. The standard InChI is InChI=1S/C18H26N6O/c1-18(2)11-24(9-14(18)12-6-20-22(3)7-12)17(25)15-10-23-8-13(19)4-5-16(23)21-15/h6-7,10,13-14H,4-5,8-9,11,19H2,1-3H3. The molecule has 0 saturated carbocycles. The van der Waals surface area contributed by atoms with Crippen molar-refractivity contribution in [2.75, 3.05) is 13.1 Å². The van der Waals surface area contributed by atoms with Gasteiger partial charge in [-0.3, -0.25) is 9.48 Å². The molecule has 2 unspecified atom stereocenters. The number of hydrogen-bond donors (Lipinski definition) is 1. The van der Waals surface area contributed by atoms with Crippen molar-refractivity contribution in [2.45, 2.75) is 45.2 Å². The molecule has 7 nitrogen and oxygen atoms in total. The summed E-state index contributed by atoms with van der Waals surface area (Å²) in [5.41, 5.74) is 7.78. The van der Waals surface area contributed by atoms with Crippen LogP contribution in [0.25, 0.3) is 0 Å². The first-order valence-corrected chi connectivity index (χ1v) is 8.93. The minimum atomic E-state index is 0.0143. The molecule has 0 bridgehead atoms. The van der Waals surface area contributed by atoms with Crippen LogP contribution in [0.2, 0.25) is 0 Å². The van der Waals surface area contributed by atoms with E-state index in [0.29, 0.717) is 12.2 Å². The monoisotopic (exact) mass is 342 g/mol. The van der Waals surface area contributed by atoms with Gasteiger partial charge in [-0.05, 0) is 17.4 Å². The lowest BCUT2D eigenvalue weighted by atomic mass is 9.79. The van der Waals surface area contributed by atoms with E-state index in [1.54, 1.807) is 0 Å². The fourth-order valence-corrected chi connectivity index (χ4v) is 4.20. The van der Waals surface area contributed by atoms with E-state index in [4.69, 9.17) is 5.73 Å². The molecule has 1 fully saturated rings. The summed E-state index contributed by atoms with van der Waals surface area (Å²) in [4.78, 5) is 19.5. The van der Waals surface area contributed by atoms with Gasteiger partial charge in [-0.2, -0.15) is 5.10 Å². The predicted molar refractivity (Wildman–Crippen MR) is 94.2 cm³/mol. The van der Waals surface area contributed by atoms with Crippen LogP contribution in [0.1, 0.15) is 48.1 Å². The average Bonchev–Trinajstić information content (AvgIpc) is 3.22. The molecule has 2 N–H and O–H groups in total. The molecule has 1 amide bonds. The number of carbonyl (C=O) groups excluding carboxylic acids is 1. The van der Waals surface area contributed by atoms with Gasteiger partial charge in [0.25, 0.3) is 5.91 Å². The Balaban J connectivity index is 1.55. The molecule has 1 saturated heterocycles. The minimum absolute atomic E-state index is 0.0143. The number of aromatic nitrogens is 4. The molecule has 2 aliphatic heterocycles. The molecule has 0 radical (unpaired) electrons. The summed E-state index contributed by atoms with van der Waals surface area (Å²) in [6.45, 7) is 6.62. The Hall–Kier alpha value is -2.15. The van der Waals surface area contributed by atoms with Crippen LogP contribution in [0.4, 0.5) is 0 Å². The second-order valence-electron chi connectivity index (χ2n) is 8.17. The SMILES string of the molecule is Cn1cc(C2CN(C(=O)c3cn4c(n3)CCC(N)C4)CC2(C)C)cn1. The number of hydrogen-bond acceptors (Lipinski definition) is 4. The lowest BCUT2D eigenvalue weighted by molar-refractivity contribution is 0.0772. The highest BCUT2D eigenvalue weighted by Gasteiger charge is 2.43. The quantitative estimate of drug-likeness (QED) is 0.888. The van der Waals surface area contributed by atoms with Crippen molar-refractivity contribution < 1.29 is 4.79 Å². The maximum Gasteiger partial charge on any atom is 0.274 e. The van der Waals surface area contributed by atoms with Gasteiger partial charge in [0.05, 0.1) is 6.20 Å². The van der Waals surface area contributed by atoms with Crippen molar-refractivity contribution in [3.63, 3.8) is 0 Å². The lowest BCUT2D eigenvalue weighted by Gasteiger charge is -2.24. The number of fused-ring (bicyclic) bond motifs is 1. The van der Waals surface area contributed by atoms with E-state index in [2.05, 4.69) is 30.1 Å². The first kappa shape index (κ1) is 16.3. The van der Waals surface area contributed by atoms with Crippen LogP contribution in [-0.2, 0) is 20.0 Å². The van der Waals surface area contributed by atoms with Gasteiger partial charge in [0.15, 0.2) is 0 Å². The van der Waals surface area contributed by atoms with Gasteiger partial charge in [-0.25, -0.2) is 4.98 Å². The molecule has 0 spiro atoms. The van der Waals surface area contributed by atoms with Gasteiger partial charge in [-0.15, -0.1) is 0 Å². The van der Waals surface area contributed by atoms with Gasteiger partial charge in [-0.1, -0.05) is 13.8 Å². The van der Waals surface area contributed by atoms with E-state index in [1.807, 2.05) is 33.6 Å². The smallest absolute Gasteiger partial charge is 0.274 e. The van der Waals surface area contributed by atoms with E-state index in [9.17, 15) is 4.79 Å². The summed E-state index contributed by atoms with van der Waals surface area (Å²) in [6.07, 6.45) is 7.62. The van der Waals surface area contributed by atoms with Crippen LogP contribution in [0.15, 0.2) is 18.6 Å². The molecule has 2 aromatic rings. The van der Waals surface area contributed by atoms with Crippen LogP contribution in [-0.4, -0.2) is 49.3 Å². The molecule has 134 valence electrons. The minimum Gasteiger partial charge on any atom is -0.336 e. The maximum absolute atomic E-state index is 13.0. The van der Waals surface area contributed by atoms with E-state index < -0.39 is 0 Å². The fourth-order valence-electron chi connectivity index (χ4n) is 4.20. The topological polar surface area (TPSA) is 82.0 Å². The normalized spacial score (nSPS) is 25.2. The number of aryl methyl sites for hydroxylation is 2. The van der Waals surface area contributed by atoms with Gasteiger partial charge in [0, 0.05) is 57.5 Å². The van der Waals surface area contributed by atoms with Crippen molar-refractivity contribution in [1.29, 1.82) is 0 Å². The molecule has 0 aliphatic carbocycles. The number of carbonyl (C=O) groups is 1. The highest BCUT2D eigenvalue weighted by molar-refractivity contribution is 5.92. The molecular formula is C18H26N6O. The van der Waals surface area contributed by atoms with E-state index in [0.717, 1.165) is 31.8 Å². The summed E-state index contributed by atoms with van der Waals surface area (Å²) in [7, 11) is 1.93. The third-order valence-corrected chi connectivity index (χ3v) is 5.61. The summed E-state index contributed by atoms with van der Waals surface area (Å²) >= 11 is 0. The van der Waals surface area contributed by atoms with Crippen molar-refractivity contribution in [3.05, 3.63) is 35.7 Å². The second kappa shape index (κ2) is 5.69. The molecule has 2 atom stereocenters. The van der Waals surface area contributed by atoms with Crippen LogP contribution >= 0.6 is 0 Å². The van der Waals surface area contributed by atoms with E-state index in [-0.39, 0.29) is 23.3 Å². The summed E-state index contributed by atoms with van der Waals surface area (Å²) in [5, 5.41) is 4.29. The van der Waals surface area contributed by atoms with Crippen molar-refractivity contribution >= 4 is 5.91 Å². The molecule has 4 rings (SSSR count). The Kier molecular flexibility index (Phi) is 3.72. The van der Waals surface area contributed by atoms with Crippen molar-refractivity contribution in [3.8, 4) is 0 Å². The number of nitrogens with zero attached hydrogens (tertiary/aromatic N) is 5. The van der Waals surface area contributed by atoms with Gasteiger partial charge in [0.2, 0.25) is 0 Å². The van der Waals surface area contributed by atoms with Crippen LogP contribution < -0.4 is 5.73 Å². The van der Waals surface area contributed by atoms with Crippen LogP contribution in [0.5, 0.6) is 0 Å². The lowest BCUT2D eigenvalue weighted by Crippen LogP contribution is -2.31. The fraction of sp³-hybridized carbons (Fsp3) is 0.611. The Morgan fingerprint density at radius 2 is 2.12 bits per heavy atom. The Bertz CT molecular complexity index is 804. The van der Waals surface area contributed by atoms with E-state index >= 15 is 0 Å². The van der Waals surface area contributed by atoms with Crippen LogP contribution in [0, 0.1) is 5.41 Å². The maximum atomic E-state index is 13.0. The van der Waals surface area contributed by atoms with Gasteiger partial charge >= 0.3 is 0 Å². The molecule has 7 heteroatoms. The third kappa shape index (κ3) is 2.86. The number of likely N-dealkylation sites (tertiary alicyclic amines) is 1. The highest BCUT2D eigenvalue weighted by atomic mass is 16.2. The number of amides is 1. The zero-order valence-electron chi connectivity index (χ0n) is 15.1. The average molecular weight is 342 g/mol. The summed E-state index contributed by atoms with van der Waals surface area (Å²) in [5.74, 6) is 1.29. The van der Waals surface area contributed by atoms with Gasteiger partial charge in [0.1, 0.15) is 11.5 Å². The molecule has 2 aliphatic rings. The molecular weight excluding hydrogens is 316 g/mol. The zero-order valence-corrected chi connectivity index (χ0v) is 15.1. The Labute approximate surface area is 147 Å². The predicted octanol–water partition coefficient (Wildman–Crippen LogP) is 1.16. The molecule has 0 aromatic carbocycles. The Morgan fingerprint density at radius 1 is 1.32 bits per heavy atom. The summed E-state index contributed by atoms with van der Waals surface area (Å²) in [6, 6.07) is 0.158. The number of nitrogens with two attached hydrogens (primary N) is 1. The third-order valence-electron chi connectivity index (χ3n) is 5.61. The first-order valence-electron chi connectivity index (χ1n) is 8.93. The van der Waals surface area contributed by atoms with Crippen molar-refractivity contribution in [2.24, 2.45) is 18.2 Å². The molecule has 25 heavy (non-hydrogen) atoms. The molecule has 2 aromatic heterocycles. The van der Waals surface area contributed by atoms with E-state index in [1.165, 1.54) is 5.56 Å². The highest BCUT2D eigenvalue weighted by Crippen LogP contribution is 2.42. The van der Waals surface area contributed by atoms with Crippen LogP contribution in [0.3, 0.4) is 0 Å². The number of rotatable bonds is 2. The largest absolute Gasteiger partial charge is 0.336 e. The zero-order chi connectivity index (χ0) is 17.8. The first-order chi connectivity index (χ1) is 11.8. The van der Waals surface area contributed by atoms with Gasteiger partial charge < -0.3 is 15.2 Å². The molecule has 4 heterocycles. The Morgan fingerprint density at radius 3 is 2.84 bits per heavy atom.